The van der Waals surface area contributed by atoms with Gasteiger partial charge in [0, 0.05) is 24.9 Å². The Morgan fingerprint density at radius 1 is 1.59 bits per heavy atom. The van der Waals surface area contributed by atoms with Crippen molar-refractivity contribution in [2.24, 2.45) is 0 Å². The molecular weight excluding hydrogens is 288 g/mol. The number of ether oxygens (including phenoxy) is 2. The van der Waals surface area contributed by atoms with E-state index < -0.39 is 0 Å². The number of amides is 1. The summed E-state index contributed by atoms with van der Waals surface area (Å²) in [5.74, 6) is 0.0551. The molecular formula is C14H18N4O4. The van der Waals surface area contributed by atoms with Crippen molar-refractivity contribution < 1.29 is 18.8 Å². The van der Waals surface area contributed by atoms with E-state index in [4.69, 9.17) is 14.0 Å². The standard InChI is InChI=1S/C14H18N4O4/c1-3-18-8-9(7-15-18)13-10(4-5-21-13)16-14(19)11-6-12(20-2)17-22-11/h6-8,10,13H,3-5H2,1-2H3,(H,16,19)/t10-,13+/m0/s1. The first-order chi connectivity index (χ1) is 10.7. The fraction of sp³-hybridized carbons (Fsp3) is 0.500. The molecule has 22 heavy (non-hydrogen) atoms. The van der Waals surface area contributed by atoms with Gasteiger partial charge in [-0.3, -0.25) is 9.48 Å². The summed E-state index contributed by atoms with van der Waals surface area (Å²) in [5, 5.41) is 10.8. The van der Waals surface area contributed by atoms with E-state index in [0.29, 0.717) is 6.61 Å². The van der Waals surface area contributed by atoms with Gasteiger partial charge in [-0.05, 0) is 18.5 Å². The second-order valence-electron chi connectivity index (χ2n) is 5.02. The topological polar surface area (TPSA) is 91.4 Å². The average molecular weight is 306 g/mol. The summed E-state index contributed by atoms with van der Waals surface area (Å²) in [5.41, 5.74) is 0.958. The average Bonchev–Trinajstić information content (AvgIpc) is 3.26. The van der Waals surface area contributed by atoms with Crippen LogP contribution in [0.1, 0.15) is 35.6 Å². The Labute approximate surface area is 127 Å². The van der Waals surface area contributed by atoms with E-state index in [2.05, 4.69) is 15.6 Å². The third kappa shape index (κ3) is 2.82. The maximum absolute atomic E-state index is 12.2. The molecule has 0 aliphatic carbocycles. The highest BCUT2D eigenvalue weighted by Gasteiger charge is 2.32. The largest absolute Gasteiger partial charge is 0.479 e. The molecule has 2 aromatic heterocycles. The van der Waals surface area contributed by atoms with Gasteiger partial charge in [0.2, 0.25) is 5.76 Å². The lowest BCUT2D eigenvalue weighted by atomic mass is 10.1. The molecule has 1 fully saturated rings. The predicted octanol–water partition coefficient (Wildman–Crippen LogP) is 1.16. The lowest BCUT2D eigenvalue weighted by Crippen LogP contribution is -2.36. The Morgan fingerprint density at radius 2 is 2.45 bits per heavy atom. The number of rotatable bonds is 5. The lowest BCUT2D eigenvalue weighted by Gasteiger charge is -2.17. The van der Waals surface area contributed by atoms with E-state index in [1.54, 1.807) is 6.20 Å². The first-order valence-electron chi connectivity index (χ1n) is 7.16. The van der Waals surface area contributed by atoms with Crippen LogP contribution in [0.5, 0.6) is 5.88 Å². The molecule has 3 heterocycles. The van der Waals surface area contributed by atoms with Gasteiger partial charge >= 0.3 is 0 Å². The van der Waals surface area contributed by atoms with Gasteiger partial charge in [0.1, 0.15) is 6.10 Å². The van der Waals surface area contributed by atoms with Crippen LogP contribution in [0.4, 0.5) is 0 Å². The zero-order valence-corrected chi connectivity index (χ0v) is 12.5. The molecule has 3 rings (SSSR count). The summed E-state index contributed by atoms with van der Waals surface area (Å²) in [6, 6.07) is 1.33. The van der Waals surface area contributed by atoms with Crippen molar-refractivity contribution in [1.82, 2.24) is 20.3 Å². The van der Waals surface area contributed by atoms with Gasteiger partial charge in [0.05, 0.1) is 25.4 Å². The number of nitrogens with zero attached hydrogens (tertiary/aromatic N) is 3. The number of hydrogen-bond donors (Lipinski definition) is 1. The van der Waals surface area contributed by atoms with E-state index in [0.717, 1.165) is 18.5 Å². The van der Waals surface area contributed by atoms with Crippen LogP contribution in [0.25, 0.3) is 0 Å². The summed E-state index contributed by atoms with van der Waals surface area (Å²) >= 11 is 0. The third-order valence-electron chi connectivity index (χ3n) is 3.64. The van der Waals surface area contributed by atoms with Crippen LogP contribution in [0.15, 0.2) is 23.0 Å². The minimum Gasteiger partial charge on any atom is -0.479 e. The molecule has 1 amide bonds. The van der Waals surface area contributed by atoms with Crippen molar-refractivity contribution in [2.45, 2.75) is 32.0 Å². The van der Waals surface area contributed by atoms with Gasteiger partial charge in [-0.25, -0.2) is 0 Å². The minimum atomic E-state index is -0.334. The smallest absolute Gasteiger partial charge is 0.290 e. The minimum absolute atomic E-state index is 0.117. The quantitative estimate of drug-likeness (QED) is 0.891. The Hall–Kier alpha value is -2.35. The second-order valence-corrected chi connectivity index (χ2v) is 5.02. The van der Waals surface area contributed by atoms with Crippen LogP contribution in [0.2, 0.25) is 0 Å². The monoisotopic (exact) mass is 306 g/mol. The van der Waals surface area contributed by atoms with Crippen LogP contribution in [-0.2, 0) is 11.3 Å². The summed E-state index contributed by atoms with van der Waals surface area (Å²) in [6.07, 6.45) is 4.25. The number of hydrogen-bond acceptors (Lipinski definition) is 6. The van der Waals surface area contributed by atoms with E-state index in [1.165, 1.54) is 13.2 Å². The molecule has 0 saturated carbocycles. The van der Waals surface area contributed by atoms with E-state index >= 15 is 0 Å². The highest BCUT2D eigenvalue weighted by molar-refractivity contribution is 5.91. The van der Waals surface area contributed by atoms with E-state index in [1.807, 2.05) is 17.8 Å². The van der Waals surface area contributed by atoms with Gasteiger partial charge in [-0.15, -0.1) is 0 Å². The fourth-order valence-electron chi connectivity index (χ4n) is 2.47. The molecule has 118 valence electrons. The SMILES string of the molecule is CCn1cc([C@H]2OCC[C@@H]2NC(=O)c2cc(OC)no2)cn1. The molecule has 8 heteroatoms. The highest BCUT2D eigenvalue weighted by Crippen LogP contribution is 2.29. The Balaban J connectivity index is 1.69. The van der Waals surface area contributed by atoms with Crippen molar-refractivity contribution in [3.8, 4) is 5.88 Å². The summed E-state index contributed by atoms with van der Waals surface area (Å²) in [6.45, 7) is 3.40. The first kappa shape index (κ1) is 14.6. The van der Waals surface area contributed by atoms with E-state index in [9.17, 15) is 4.79 Å². The first-order valence-corrected chi connectivity index (χ1v) is 7.16. The van der Waals surface area contributed by atoms with Crippen molar-refractivity contribution >= 4 is 5.91 Å². The van der Waals surface area contributed by atoms with Crippen LogP contribution in [-0.4, -0.2) is 40.6 Å². The maximum Gasteiger partial charge on any atom is 0.290 e. The molecule has 0 unspecified atom stereocenters. The highest BCUT2D eigenvalue weighted by atomic mass is 16.5. The Kier molecular flexibility index (Phi) is 4.10. The molecule has 0 radical (unpaired) electrons. The van der Waals surface area contributed by atoms with Crippen molar-refractivity contribution in [1.29, 1.82) is 0 Å². The molecule has 1 N–H and O–H groups in total. The molecule has 2 aromatic rings. The number of aryl methyl sites for hydroxylation is 1. The Morgan fingerprint density at radius 3 is 3.14 bits per heavy atom. The van der Waals surface area contributed by atoms with Gasteiger partial charge in [0.25, 0.3) is 11.8 Å². The second kappa shape index (κ2) is 6.18. The number of carbonyl (C=O) groups is 1. The number of methoxy groups -OCH3 is 1. The molecule has 0 spiro atoms. The molecule has 0 aromatic carbocycles. The normalized spacial score (nSPS) is 21.0. The van der Waals surface area contributed by atoms with Gasteiger partial charge in [-0.2, -0.15) is 5.10 Å². The zero-order valence-electron chi connectivity index (χ0n) is 12.5. The van der Waals surface area contributed by atoms with Crippen molar-refractivity contribution in [2.75, 3.05) is 13.7 Å². The predicted molar refractivity (Wildman–Crippen MR) is 75.5 cm³/mol. The Bertz CT molecular complexity index is 651. The van der Waals surface area contributed by atoms with Gasteiger partial charge in [0.15, 0.2) is 0 Å². The third-order valence-corrected chi connectivity index (χ3v) is 3.64. The van der Waals surface area contributed by atoms with E-state index in [-0.39, 0.29) is 29.7 Å². The molecule has 1 saturated heterocycles. The number of nitrogens with one attached hydrogen (secondary N) is 1. The van der Waals surface area contributed by atoms with Crippen LogP contribution in [0, 0.1) is 0 Å². The zero-order chi connectivity index (χ0) is 15.5. The molecule has 8 nitrogen and oxygen atoms in total. The molecule has 2 atom stereocenters. The van der Waals surface area contributed by atoms with Gasteiger partial charge in [-0.1, -0.05) is 0 Å². The van der Waals surface area contributed by atoms with Gasteiger partial charge < -0.3 is 19.3 Å². The summed E-state index contributed by atoms with van der Waals surface area (Å²) in [7, 11) is 1.46. The van der Waals surface area contributed by atoms with Crippen molar-refractivity contribution in [3.05, 3.63) is 29.8 Å². The van der Waals surface area contributed by atoms with Crippen molar-refractivity contribution in [3.63, 3.8) is 0 Å². The lowest BCUT2D eigenvalue weighted by molar-refractivity contribution is 0.0794. The summed E-state index contributed by atoms with van der Waals surface area (Å²) in [4.78, 5) is 12.2. The van der Waals surface area contributed by atoms with Crippen LogP contribution < -0.4 is 10.1 Å². The summed E-state index contributed by atoms with van der Waals surface area (Å²) < 4.78 is 17.4. The van der Waals surface area contributed by atoms with Crippen LogP contribution >= 0.6 is 0 Å². The molecule has 1 aliphatic rings. The fourth-order valence-corrected chi connectivity index (χ4v) is 2.47. The maximum atomic E-state index is 12.2. The molecule has 0 bridgehead atoms. The molecule has 1 aliphatic heterocycles. The number of aromatic nitrogens is 3. The number of carbonyl (C=O) groups excluding carboxylic acids is 1. The van der Waals surface area contributed by atoms with Crippen LogP contribution in [0.3, 0.4) is 0 Å².